The van der Waals surface area contributed by atoms with Gasteiger partial charge in [0.25, 0.3) is 5.91 Å². The first kappa shape index (κ1) is 19.3. The van der Waals surface area contributed by atoms with Gasteiger partial charge in [0.2, 0.25) is 5.91 Å². The second kappa shape index (κ2) is 8.93. The summed E-state index contributed by atoms with van der Waals surface area (Å²) in [7, 11) is 1.53. The molecule has 146 valence electrons. The van der Waals surface area contributed by atoms with E-state index in [2.05, 4.69) is 4.90 Å². The smallest absolute Gasteiger partial charge is 0.255 e. The Balaban J connectivity index is 1.67. The zero-order valence-electron chi connectivity index (χ0n) is 15.9. The number of primary amides is 1. The maximum atomic E-state index is 12.8. The minimum Gasteiger partial charge on any atom is -0.493 e. The van der Waals surface area contributed by atoms with Gasteiger partial charge in [0.1, 0.15) is 0 Å². The fourth-order valence-corrected chi connectivity index (χ4v) is 4.22. The van der Waals surface area contributed by atoms with Gasteiger partial charge in [-0.3, -0.25) is 9.59 Å². The lowest BCUT2D eigenvalue weighted by molar-refractivity contribution is -0.132. The van der Waals surface area contributed by atoms with Crippen LogP contribution in [-0.2, 0) is 9.59 Å². The van der Waals surface area contributed by atoms with Crippen LogP contribution in [0.4, 0.5) is 0 Å². The van der Waals surface area contributed by atoms with Crippen molar-refractivity contribution in [1.82, 2.24) is 4.90 Å². The normalized spacial score (nSPS) is 22.3. The first-order valence-electron chi connectivity index (χ1n) is 9.66. The molecule has 6 nitrogen and oxygen atoms in total. The van der Waals surface area contributed by atoms with Crippen molar-refractivity contribution in [3.05, 3.63) is 29.8 Å². The number of rotatable bonds is 6. The summed E-state index contributed by atoms with van der Waals surface area (Å²) < 4.78 is 10.6. The largest absolute Gasteiger partial charge is 0.493 e. The third-order valence-electron chi connectivity index (χ3n) is 5.50. The van der Waals surface area contributed by atoms with E-state index in [0.29, 0.717) is 23.5 Å². The van der Waals surface area contributed by atoms with Gasteiger partial charge >= 0.3 is 0 Å². The van der Waals surface area contributed by atoms with Crippen LogP contribution < -0.4 is 15.2 Å². The molecule has 1 aliphatic heterocycles. The number of nitrogens with zero attached hydrogens (tertiary/aromatic N) is 1. The Morgan fingerprint density at radius 1 is 1.19 bits per heavy atom. The van der Waals surface area contributed by atoms with Crippen molar-refractivity contribution >= 4 is 17.9 Å². The Morgan fingerprint density at radius 3 is 2.74 bits per heavy atom. The summed E-state index contributed by atoms with van der Waals surface area (Å²) in [6, 6.07) is 5.72. The van der Waals surface area contributed by atoms with Gasteiger partial charge in [0.05, 0.1) is 7.11 Å². The van der Waals surface area contributed by atoms with E-state index >= 15 is 0 Å². The lowest BCUT2D eigenvalue weighted by Crippen LogP contribution is -2.49. The molecule has 0 spiro atoms. The average Bonchev–Trinajstić information content (AvgIpc) is 2.70. The van der Waals surface area contributed by atoms with E-state index in [1.807, 2.05) is 6.07 Å². The van der Waals surface area contributed by atoms with Gasteiger partial charge in [0.15, 0.2) is 18.1 Å². The van der Waals surface area contributed by atoms with E-state index < -0.39 is 5.91 Å². The van der Waals surface area contributed by atoms with E-state index in [-0.39, 0.29) is 12.5 Å². The topological polar surface area (TPSA) is 81.9 Å². The van der Waals surface area contributed by atoms with Crippen LogP contribution in [0.1, 0.15) is 44.1 Å². The zero-order valence-corrected chi connectivity index (χ0v) is 15.9. The number of hydrogen-bond acceptors (Lipinski definition) is 4. The van der Waals surface area contributed by atoms with E-state index in [4.69, 9.17) is 15.2 Å². The molecule has 2 N–H and O–H groups in total. The lowest BCUT2D eigenvalue weighted by Gasteiger charge is -2.43. The molecule has 1 aliphatic carbocycles. The van der Waals surface area contributed by atoms with Crippen molar-refractivity contribution in [2.24, 2.45) is 11.7 Å². The van der Waals surface area contributed by atoms with E-state index in [9.17, 15) is 9.59 Å². The van der Waals surface area contributed by atoms with Crippen molar-refractivity contribution in [2.45, 2.75) is 44.6 Å². The highest BCUT2D eigenvalue weighted by Gasteiger charge is 2.34. The molecule has 1 aromatic rings. The summed E-state index contributed by atoms with van der Waals surface area (Å²) in [5.74, 6) is 1.15. The Morgan fingerprint density at radius 2 is 1.96 bits per heavy atom. The number of amides is 2. The number of hydrogen-bond donors (Lipinski definition) is 1. The average molecular weight is 372 g/mol. The van der Waals surface area contributed by atoms with Crippen molar-refractivity contribution in [3.8, 4) is 11.5 Å². The number of methoxy groups -OCH3 is 1. The van der Waals surface area contributed by atoms with Gasteiger partial charge in [-0.2, -0.15) is 0 Å². The third kappa shape index (κ3) is 4.81. The molecule has 0 aromatic heterocycles. The van der Waals surface area contributed by atoms with Crippen LogP contribution in [0.25, 0.3) is 6.08 Å². The van der Waals surface area contributed by atoms with Gasteiger partial charge in [-0.1, -0.05) is 18.9 Å². The van der Waals surface area contributed by atoms with Crippen LogP contribution in [0.2, 0.25) is 0 Å². The highest BCUT2D eigenvalue weighted by atomic mass is 16.5. The lowest BCUT2D eigenvalue weighted by atomic mass is 9.78. The minimum absolute atomic E-state index is 0.0830. The molecule has 2 aliphatic rings. The van der Waals surface area contributed by atoms with Crippen LogP contribution in [0.5, 0.6) is 11.5 Å². The molecule has 0 radical (unpaired) electrons. The number of benzene rings is 1. The van der Waals surface area contributed by atoms with E-state index in [0.717, 1.165) is 24.9 Å². The molecule has 1 heterocycles. The molecule has 2 atom stereocenters. The van der Waals surface area contributed by atoms with Crippen LogP contribution in [0, 0.1) is 5.92 Å². The molecule has 2 unspecified atom stereocenters. The Kier molecular flexibility index (Phi) is 6.37. The number of carbonyl (C=O) groups excluding carboxylic acids is 2. The summed E-state index contributed by atoms with van der Waals surface area (Å²) >= 11 is 0. The number of likely N-dealkylation sites (tertiary alicyclic amines) is 1. The van der Waals surface area contributed by atoms with Crippen LogP contribution >= 0.6 is 0 Å². The predicted molar refractivity (Wildman–Crippen MR) is 103 cm³/mol. The summed E-state index contributed by atoms with van der Waals surface area (Å²) in [6.07, 6.45) is 10.7. The molecule has 27 heavy (non-hydrogen) atoms. The second-order valence-corrected chi connectivity index (χ2v) is 7.28. The molecular weight excluding hydrogens is 344 g/mol. The highest BCUT2D eigenvalue weighted by Crippen LogP contribution is 2.35. The molecular formula is C21H28N2O4. The molecule has 2 fully saturated rings. The Hall–Kier alpha value is -2.50. The monoisotopic (exact) mass is 372 g/mol. The van der Waals surface area contributed by atoms with E-state index in [1.165, 1.54) is 32.8 Å². The molecule has 1 aromatic carbocycles. The summed E-state index contributed by atoms with van der Waals surface area (Å²) in [6.45, 7) is 0.648. The van der Waals surface area contributed by atoms with Gasteiger partial charge < -0.3 is 20.1 Å². The van der Waals surface area contributed by atoms with Gasteiger partial charge in [-0.05, 0) is 55.4 Å². The van der Waals surface area contributed by atoms with Crippen molar-refractivity contribution in [2.75, 3.05) is 20.3 Å². The van der Waals surface area contributed by atoms with Gasteiger partial charge in [-0.15, -0.1) is 0 Å². The van der Waals surface area contributed by atoms with Crippen LogP contribution in [-0.4, -0.2) is 43.0 Å². The maximum absolute atomic E-state index is 12.8. The fraction of sp³-hybridized carbons (Fsp3) is 0.524. The zero-order chi connectivity index (χ0) is 19.2. The van der Waals surface area contributed by atoms with Crippen LogP contribution in [0.3, 0.4) is 0 Å². The van der Waals surface area contributed by atoms with Crippen molar-refractivity contribution < 1.29 is 19.1 Å². The standard InChI is InChI=1S/C21H28N2O4/c1-26-19-13-15(8-10-18(19)27-14-20(22)24)9-11-21(25)23-12-4-6-16-5-2-3-7-17(16)23/h8-11,13,16-17H,2-7,12,14H2,1H3,(H2,22,24)/b11-9+. The van der Waals surface area contributed by atoms with Crippen molar-refractivity contribution in [1.29, 1.82) is 0 Å². The third-order valence-corrected chi connectivity index (χ3v) is 5.50. The van der Waals surface area contributed by atoms with Gasteiger partial charge in [0, 0.05) is 18.7 Å². The molecule has 3 rings (SSSR count). The Labute approximate surface area is 160 Å². The highest BCUT2D eigenvalue weighted by molar-refractivity contribution is 5.92. The summed E-state index contributed by atoms with van der Waals surface area (Å²) in [4.78, 5) is 25.7. The quantitative estimate of drug-likeness (QED) is 0.779. The number of nitrogens with two attached hydrogens (primary N) is 1. The van der Waals surface area contributed by atoms with Crippen molar-refractivity contribution in [3.63, 3.8) is 0 Å². The number of carbonyl (C=O) groups is 2. The molecule has 6 heteroatoms. The Bertz CT molecular complexity index is 714. The molecule has 1 saturated heterocycles. The molecule has 1 saturated carbocycles. The number of ether oxygens (including phenoxy) is 2. The minimum atomic E-state index is -0.547. The fourth-order valence-electron chi connectivity index (χ4n) is 4.22. The SMILES string of the molecule is COc1cc(/C=C/C(=O)N2CCCC3CCCCC32)ccc1OCC(N)=O. The first-order valence-corrected chi connectivity index (χ1v) is 9.66. The molecule has 2 amide bonds. The predicted octanol–water partition coefficient (Wildman–Crippen LogP) is 2.75. The molecule has 0 bridgehead atoms. The number of piperidine rings is 1. The second-order valence-electron chi connectivity index (χ2n) is 7.28. The summed E-state index contributed by atoms with van der Waals surface area (Å²) in [5, 5.41) is 0. The first-order chi connectivity index (χ1) is 13.1. The van der Waals surface area contributed by atoms with Gasteiger partial charge in [-0.25, -0.2) is 0 Å². The maximum Gasteiger partial charge on any atom is 0.255 e. The van der Waals surface area contributed by atoms with Crippen LogP contribution in [0.15, 0.2) is 24.3 Å². The number of fused-ring (bicyclic) bond motifs is 1. The van der Waals surface area contributed by atoms with E-state index in [1.54, 1.807) is 24.3 Å². The summed E-state index contributed by atoms with van der Waals surface area (Å²) in [5.41, 5.74) is 5.94.